The Morgan fingerprint density at radius 1 is 1.42 bits per heavy atom. The Kier molecular flexibility index (Phi) is 5.16. The number of methoxy groups -OCH3 is 1. The van der Waals surface area contributed by atoms with E-state index < -0.39 is 0 Å². The third kappa shape index (κ3) is 4.43. The SMILES string of the molecule is C=CCNC(=O)Cc1cc(C(C)(C)C)ccc1OC. The average Bonchev–Trinajstić information content (AvgIpc) is 2.35. The lowest BCUT2D eigenvalue weighted by Gasteiger charge is -2.21. The number of ether oxygens (including phenoxy) is 1. The van der Waals surface area contributed by atoms with Gasteiger partial charge in [0.2, 0.25) is 5.91 Å². The van der Waals surface area contributed by atoms with Gasteiger partial charge in [-0.15, -0.1) is 6.58 Å². The summed E-state index contributed by atoms with van der Waals surface area (Å²) in [6.07, 6.45) is 1.99. The number of rotatable bonds is 5. The molecule has 3 nitrogen and oxygen atoms in total. The van der Waals surface area contributed by atoms with Crippen LogP contribution in [0.25, 0.3) is 0 Å². The highest BCUT2D eigenvalue weighted by Crippen LogP contribution is 2.28. The Hall–Kier alpha value is -1.77. The second kappa shape index (κ2) is 6.41. The maximum Gasteiger partial charge on any atom is 0.224 e. The Morgan fingerprint density at radius 2 is 2.11 bits per heavy atom. The summed E-state index contributed by atoms with van der Waals surface area (Å²) in [6.45, 7) is 10.5. The molecule has 0 saturated heterocycles. The Morgan fingerprint density at radius 3 is 2.63 bits per heavy atom. The van der Waals surface area contributed by atoms with Crippen LogP contribution in [0.5, 0.6) is 5.75 Å². The van der Waals surface area contributed by atoms with E-state index >= 15 is 0 Å². The molecule has 1 aromatic rings. The quantitative estimate of drug-likeness (QED) is 0.828. The minimum Gasteiger partial charge on any atom is -0.496 e. The first-order valence-electron chi connectivity index (χ1n) is 6.43. The van der Waals surface area contributed by atoms with Crippen molar-refractivity contribution in [2.24, 2.45) is 0 Å². The van der Waals surface area contributed by atoms with Crippen molar-refractivity contribution >= 4 is 5.91 Å². The van der Waals surface area contributed by atoms with E-state index in [0.717, 1.165) is 11.3 Å². The number of carbonyl (C=O) groups excluding carboxylic acids is 1. The van der Waals surface area contributed by atoms with Gasteiger partial charge in [-0.1, -0.05) is 39.0 Å². The molecule has 0 atom stereocenters. The highest BCUT2D eigenvalue weighted by Gasteiger charge is 2.17. The molecule has 1 amide bonds. The van der Waals surface area contributed by atoms with Crippen molar-refractivity contribution < 1.29 is 9.53 Å². The minimum absolute atomic E-state index is 0.0238. The number of carbonyl (C=O) groups is 1. The molecule has 0 saturated carbocycles. The van der Waals surface area contributed by atoms with Crippen LogP contribution in [0.2, 0.25) is 0 Å². The monoisotopic (exact) mass is 261 g/mol. The highest BCUT2D eigenvalue weighted by atomic mass is 16.5. The molecule has 3 heteroatoms. The van der Waals surface area contributed by atoms with Crippen LogP contribution in [-0.2, 0) is 16.6 Å². The molecule has 104 valence electrons. The van der Waals surface area contributed by atoms with Gasteiger partial charge in [0.25, 0.3) is 0 Å². The Balaban J connectivity index is 2.96. The molecule has 19 heavy (non-hydrogen) atoms. The lowest BCUT2D eigenvalue weighted by molar-refractivity contribution is -0.120. The summed E-state index contributed by atoms with van der Waals surface area (Å²) in [7, 11) is 1.62. The van der Waals surface area contributed by atoms with Crippen molar-refractivity contribution in [1.29, 1.82) is 0 Å². The van der Waals surface area contributed by atoms with Crippen LogP contribution in [0.15, 0.2) is 30.9 Å². The number of hydrogen-bond donors (Lipinski definition) is 1. The molecular formula is C16H23NO2. The molecule has 0 aliphatic rings. The summed E-state index contributed by atoms with van der Waals surface area (Å²) in [4.78, 5) is 11.8. The maximum atomic E-state index is 11.8. The standard InChI is InChI=1S/C16H23NO2/c1-6-9-17-15(18)11-12-10-13(16(2,3)4)7-8-14(12)19-5/h6-8,10H,1,9,11H2,2-5H3,(H,17,18). The van der Waals surface area contributed by atoms with Gasteiger partial charge < -0.3 is 10.1 Å². The largest absolute Gasteiger partial charge is 0.496 e. The number of benzene rings is 1. The van der Waals surface area contributed by atoms with Crippen molar-refractivity contribution in [1.82, 2.24) is 5.32 Å². The van der Waals surface area contributed by atoms with Crippen molar-refractivity contribution in [2.75, 3.05) is 13.7 Å². The highest BCUT2D eigenvalue weighted by molar-refractivity contribution is 5.79. The number of amides is 1. The van der Waals surface area contributed by atoms with Crippen LogP contribution < -0.4 is 10.1 Å². The van der Waals surface area contributed by atoms with E-state index in [2.05, 4.69) is 32.7 Å². The Bertz CT molecular complexity index is 458. The fourth-order valence-electron chi connectivity index (χ4n) is 1.80. The first-order valence-corrected chi connectivity index (χ1v) is 6.43. The maximum absolute atomic E-state index is 11.8. The number of nitrogens with one attached hydrogen (secondary N) is 1. The molecule has 0 bridgehead atoms. The third-order valence-corrected chi connectivity index (χ3v) is 2.94. The minimum atomic E-state index is -0.0238. The van der Waals surface area contributed by atoms with Gasteiger partial charge in [-0.25, -0.2) is 0 Å². The van der Waals surface area contributed by atoms with E-state index in [-0.39, 0.29) is 11.3 Å². The first kappa shape index (κ1) is 15.3. The van der Waals surface area contributed by atoms with Crippen molar-refractivity contribution in [3.05, 3.63) is 42.0 Å². The zero-order valence-corrected chi connectivity index (χ0v) is 12.2. The molecular weight excluding hydrogens is 238 g/mol. The van der Waals surface area contributed by atoms with Crippen LogP contribution in [0.1, 0.15) is 31.9 Å². The van der Waals surface area contributed by atoms with Crippen molar-refractivity contribution in [3.63, 3.8) is 0 Å². The average molecular weight is 261 g/mol. The summed E-state index contributed by atoms with van der Waals surface area (Å²) >= 11 is 0. The van der Waals surface area contributed by atoms with E-state index in [1.165, 1.54) is 5.56 Å². The molecule has 1 aromatic carbocycles. The van der Waals surface area contributed by atoms with E-state index in [0.29, 0.717) is 13.0 Å². The predicted molar refractivity (Wildman–Crippen MR) is 78.6 cm³/mol. The molecule has 1 rings (SSSR count). The van der Waals surface area contributed by atoms with Crippen LogP contribution in [-0.4, -0.2) is 19.6 Å². The van der Waals surface area contributed by atoms with Crippen LogP contribution in [0.3, 0.4) is 0 Å². The fraction of sp³-hybridized carbons (Fsp3) is 0.438. The van der Waals surface area contributed by atoms with Gasteiger partial charge in [0.15, 0.2) is 0 Å². The second-order valence-corrected chi connectivity index (χ2v) is 5.55. The smallest absolute Gasteiger partial charge is 0.224 e. The van der Waals surface area contributed by atoms with Crippen LogP contribution in [0.4, 0.5) is 0 Å². The number of hydrogen-bond acceptors (Lipinski definition) is 2. The first-order chi connectivity index (χ1) is 8.88. The lowest BCUT2D eigenvalue weighted by Crippen LogP contribution is -2.25. The predicted octanol–water partition coefficient (Wildman–Crippen LogP) is 2.84. The molecule has 0 spiro atoms. The fourth-order valence-corrected chi connectivity index (χ4v) is 1.80. The van der Waals surface area contributed by atoms with Gasteiger partial charge in [0.1, 0.15) is 5.75 Å². The van der Waals surface area contributed by atoms with Crippen molar-refractivity contribution in [3.8, 4) is 5.75 Å². The van der Waals surface area contributed by atoms with Gasteiger partial charge in [0.05, 0.1) is 13.5 Å². The van der Waals surface area contributed by atoms with Gasteiger partial charge in [-0.05, 0) is 17.0 Å². The summed E-state index contributed by atoms with van der Waals surface area (Å²) in [5.74, 6) is 0.728. The van der Waals surface area contributed by atoms with E-state index in [1.807, 2.05) is 18.2 Å². The summed E-state index contributed by atoms with van der Waals surface area (Å²) in [5, 5.41) is 2.78. The lowest BCUT2D eigenvalue weighted by atomic mass is 9.85. The molecule has 0 radical (unpaired) electrons. The third-order valence-electron chi connectivity index (χ3n) is 2.94. The van der Waals surface area contributed by atoms with Crippen molar-refractivity contribution in [2.45, 2.75) is 32.6 Å². The van der Waals surface area contributed by atoms with E-state index in [1.54, 1.807) is 13.2 Å². The van der Waals surface area contributed by atoms with E-state index in [4.69, 9.17) is 4.74 Å². The van der Waals surface area contributed by atoms with Crippen LogP contribution >= 0.6 is 0 Å². The zero-order chi connectivity index (χ0) is 14.5. The van der Waals surface area contributed by atoms with Gasteiger partial charge in [0, 0.05) is 12.1 Å². The topological polar surface area (TPSA) is 38.3 Å². The summed E-state index contributed by atoms with van der Waals surface area (Å²) in [5.41, 5.74) is 2.16. The van der Waals surface area contributed by atoms with Crippen LogP contribution in [0, 0.1) is 0 Å². The molecule has 0 aliphatic carbocycles. The second-order valence-electron chi connectivity index (χ2n) is 5.55. The molecule has 0 heterocycles. The molecule has 0 unspecified atom stereocenters. The Labute approximate surface area is 115 Å². The molecule has 1 N–H and O–H groups in total. The van der Waals surface area contributed by atoms with E-state index in [9.17, 15) is 4.79 Å². The molecule has 0 aliphatic heterocycles. The van der Waals surface area contributed by atoms with Gasteiger partial charge >= 0.3 is 0 Å². The normalized spacial score (nSPS) is 10.9. The van der Waals surface area contributed by atoms with Gasteiger partial charge in [-0.3, -0.25) is 4.79 Å². The summed E-state index contributed by atoms with van der Waals surface area (Å²) < 4.78 is 5.32. The zero-order valence-electron chi connectivity index (χ0n) is 12.2. The van der Waals surface area contributed by atoms with Gasteiger partial charge in [-0.2, -0.15) is 0 Å². The summed E-state index contributed by atoms with van der Waals surface area (Å²) in [6, 6.07) is 6.02. The molecule has 0 fully saturated rings. The molecule has 0 aromatic heterocycles.